The van der Waals surface area contributed by atoms with E-state index >= 15 is 0 Å². The van der Waals surface area contributed by atoms with E-state index in [0.717, 1.165) is 14.9 Å². The molecule has 2 heterocycles. The molecular formula is C14H10BrN3OS. The minimum absolute atomic E-state index is 0.0863. The van der Waals surface area contributed by atoms with Crippen LogP contribution in [-0.4, -0.2) is 10.9 Å². The summed E-state index contributed by atoms with van der Waals surface area (Å²) in [6.07, 6.45) is 4.92. The highest BCUT2D eigenvalue weighted by Crippen LogP contribution is 2.22. The van der Waals surface area contributed by atoms with Crippen molar-refractivity contribution < 1.29 is 4.79 Å². The van der Waals surface area contributed by atoms with Gasteiger partial charge < -0.3 is 5.32 Å². The Balaban J connectivity index is 2.03. The molecule has 0 fully saturated rings. The molecule has 2 aromatic rings. The number of carbonyl (C=O) groups is 1. The number of rotatable bonds is 4. The number of halogens is 1. The molecule has 20 heavy (non-hydrogen) atoms. The molecule has 0 atom stereocenters. The maximum atomic E-state index is 11.9. The van der Waals surface area contributed by atoms with Crippen molar-refractivity contribution in [3.8, 4) is 6.07 Å². The standard InChI is InChI=1S/C14H10BrN3OS/c15-12-5-13(20-9-12)4-11(6-16)14(19)18-8-10-2-1-3-17-7-10/h1-5,7,9H,8H2,(H,18,19). The van der Waals surface area contributed by atoms with Crippen LogP contribution in [0.5, 0.6) is 0 Å². The minimum atomic E-state index is -0.388. The van der Waals surface area contributed by atoms with Crippen LogP contribution in [0, 0.1) is 11.3 Å². The van der Waals surface area contributed by atoms with E-state index in [1.165, 1.54) is 11.3 Å². The Morgan fingerprint density at radius 2 is 2.45 bits per heavy atom. The van der Waals surface area contributed by atoms with Gasteiger partial charge in [-0.3, -0.25) is 9.78 Å². The third kappa shape index (κ3) is 4.02. The Hall–Kier alpha value is -1.97. The number of nitrogens with one attached hydrogen (secondary N) is 1. The van der Waals surface area contributed by atoms with Gasteiger partial charge in [-0.05, 0) is 39.7 Å². The molecular weight excluding hydrogens is 338 g/mol. The molecule has 1 N–H and O–H groups in total. The Kier molecular flexibility index (Phi) is 5.04. The van der Waals surface area contributed by atoms with E-state index in [0.29, 0.717) is 6.54 Å². The molecule has 4 nitrogen and oxygen atoms in total. The largest absolute Gasteiger partial charge is 0.347 e. The second-order valence-electron chi connectivity index (χ2n) is 3.88. The summed E-state index contributed by atoms with van der Waals surface area (Å²) in [6, 6.07) is 7.44. The molecule has 0 unspecified atom stereocenters. The van der Waals surface area contributed by atoms with Gasteiger partial charge >= 0.3 is 0 Å². The Morgan fingerprint density at radius 3 is 3.05 bits per heavy atom. The van der Waals surface area contributed by atoms with Gasteiger partial charge in [-0.15, -0.1) is 11.3 Å². The van der Waals surface area contributed by atoms with E-state index < -0.39 is 0 Å². The van der Waals surface area contributed by atoms with E-state index in [4.69, 9.17) is 5.26 Å². The minimum Gasteiger partial charge on any atom is -0.347 e. The number of pyridine rings is 1. The zero-order chi connectivity index (χ0) is 14.4. The van der Waals surface area contributed by atoms with Gasteiger partial charge in [-0.25, -0.2) is 0 Å². The van der Waals surface area contributed by atoms with Crippen molar-refractivity contribution >= 4 is 39.2 Å². The van der Waals surface area contributed by atoms with E-state index in [1.54, 1.807) is 24.5 Å². The average Bonchev–Trinajstić information content (AvgIpc) is 2.88. The van der Waals surface area contributed by atoms with E-state index in [1.807, 2.05) is 23.6 Å². The van der Waals surface area contributed by atoms with E-state index in [-0.39, 0.29) is 11.5 Å². The molecule has 0 saturated carbocycles. The smallest absolute Gasteiger partial charge is 0.262 e. The summed E-state index contributed by atoms with van der Waals surface area (Å²) in [5.74, 6) is -0.388. The molecule has 2 aromatic heterocycles. The lowest BCUT2D eigenvalue weighted by molar-refractivity contribution is -0.117. The molecule has 1 amide bonds. The topological polar surface area (TPSA) is 65.8 Å². The number of hydrogen-bond donors (Lipinski definition) is 1. The highest BCUT2D eigenvalue weighted by atomic mass is 79.9. The van der Waals surface area contributed by atoms with Crippen LogP contribution in [-0.2, 0) is 11.3 Å². The van der Waals surface area contributed by atoms with Crippen molar-refractivity contribution in [1.29, 1.82) is 5.26 Å². The summed E-state index contributed by atoms with van der Waals surface area (Å²) in [6.45, 7) is 0.347. The highest BCUT2D eigenvalue weighted by molar-refractivity contribution is 9.10. The fourth-order valence-electron chi connectivity index (χ4n) is 1.48. The van der Waals surface area contributed by atoms with Crippen LogP contribution < -0.4 is 5.32 Å². The highest BCUT2D eigenvalue weighted by Gasteiger charge is 2.09. The van der Waals surface area contributed by atoms with Crippen LogP contribution in [0.25, 0.3) is 6.08 Å². The Morgan fingerprint density at radius 1 is 1.60 bits per heavy atom. The van der Waals surface area contributed by atoms with Gasteiger partial charge in [0.2, 0.25) is 0 Å². The van der Waals surface area contributed by atoms with Crippen LogP contribution in [0.15, 0.2) is 46.0 Å². The molecule has 0 bridgehead atoms. The monoisotopic (exact) mass is 347 g/mol. The number of hydrogen-bond acceptors (Lipinski definition) is 4. The zero-order valence-electron chi connectivity index (χ0n) is 10.3. The number of thiophene rings is 1. The first-order valence-electron chi connectivity index (χ1n) is 5.72. The number of amides is 1. The van der Waals surface area contributed by atoms with Crippen LogP contribution in [0.4, 0.5) is 0 Å². The second kappa shape index (κ2) is 6.98. The van der Waals surface area contributed by atoms with Crippen LogP contribution in [0.1, 0.15) is 10.4 Å². The van der Waals surface area contributed by atoms with Crippen LogP contribution >= 0.6 is 27.3 Å². The molecule has 0 aromatic carbocycles. The van der Waals surface area contributed by atoms with Crippen molar-refractivity contribution in [2.45, 2.75) is 6.54 Å². The first-order chi connectivity index (χ1) is 9.69. The second-order valence-corrected chi connectivity index (χ2v) is 5.74. The Bertz CT molecular complexity index is 673. The van der Waals surface area contributed by atoms with Crippen LogP contribution in [0.2, 0.25) is 0 Å². The number of nitriles is 1. The van der Waals surface area contributed by atoms with E-state index in [9.17, 15) is 4.79 Å². The first-order valence-corrected chi connectivity index (χ1v) is 7.39. The lowest BCUT2D eigenvalue weighted by Gasteiger charge is -2.03. The lowest BCUT2D eigenvalue weighted by atomic mass is 10.2. The first kappa shape index (κ1) is 14.4. The summed E-state index contributed by atoms with van der Waals surface area (Å²) in [4.78, 5) is 16.7. The fraction of sp³-hybridized carbons (Fsp3) is 0.0714. The van der Waals surface area contributed by atoms with Crippen molar-refractivity contribution in [1.82, 2.24) is 10.3 Å². The van der Waals surface area contributed by atoms with Crippen molar-refractivity contribution in [3.05, 3.63) is 56.5 Å². The molecule has 6 heteroatoms. The molecule has 0 radical (unpaired) electrons. The molecule has 0 aliphatic heterocycles. The molecule has 0 saturated heterocycles. The number of nitrogens with zero attached hydrogens (tertiary/aromatic N) is 2. The van der Waals surface area contributed by atoms with Gasteiger partial charge in [0, 0.05) is 33.7 Å². The summed E-state index contributed by atoms with van der Waals surface area (Å²) in [5.41, 5.74) is 0.972. The predicted octanol–water partition coefficient (Wildman–Crippen LogP) is 3.13. The molecule has 100 valence electrons. The summed E-state index contributed by atoms with van der Waals surface area (Å²) in [5, 5.41) is 13.7. The van der Waals surface area contributed by atoms with Gasteiger partial charge in [0.1, 0.15) is 11.6 Å². The molecule has 0 aliphatic rings. The maximum absolute atomic E-state index is 11.9. The average molecular weight is 348 g/mol. The van der Waals surface area contributed by atoms with Crippen molar-refractivity contribution in [3.63, 3.8) is 0 Å². The Labute approximate surface area is 128 Å². The van der Waals surface area contributed by atoms with Gasteiger partial charge in [0.25, 0.3) is 5.91 Å². The third-order valence-electron chi connectivity index (χ3n) is 2.42. The lowest BCUT2D eigenvalue weighted by Crippen LogP contribution is -2.23. The van der Waals surface area contributed by atoms with Crippen molar-refractivity contribution in [2.75, 3.05) is 0 Å². The van der Waals surface area contributed by atoms with Crippen LogP contribution in [0.3, 0.4) is 0 Å². The van der Waals surface area contributed by atoms with Gasteiger partial charge in [0.15, 0.2) is 0 Å². The summed E-state index contributed by atoms with van der Waals surface area (Å²) in [7, 11) is 0. The molecule has 0 aliphatic carbocycles. The number of aromatic nitrogens is 1. The fourth-order valence-corrected chi connectivity index (χ4v) is 2.85. The molecule has 0 spiro atoms. The van der Waals surface area contributed by atoms with Crippen molar-refractivity contribution in [2.24, 2.45) is 0 Å². The molecule has 2 rings (SSSR count). The van der Waals surface area contributed by atoms with Gasteiger partial charge in [-0.1, -0.05) is 6.07 Å². The summed E-state index contributed by atoms with van der Waals surface area (Å²) >= 11 is 4.79. The SMILES string of the molecule is N#CC(=Cc1cc(Br)cs1)C(=O)NCc1cccnc1. The predicted molar refractivity (Wildman–Crippen MR) is 81.7 cm³/mol. The zero-order valence-corrected chi connectivity index (χ0v) is 12.7. The van der Waals surface area contributed by atoms with Gasteiger partial charge in [-0.2, -0.15) is 5.26 Å². The quantitative estimate of drug-likeness (QED) is 0.682. The maximum Gasteiger partial charge on any atom is 0.262 e. The third-order valence-corrected chi connectivity index (χ3v) is 4.06. The summed E-state index contributed by atoms with van der Waals surface area (Å²) < 4.78 is 0.932. The van der Waals surface area contributed by atoms with E-state index in [2.05, 4.69) is 26.2 Å². The normalized spacial score (nSPS) is 10.9. The van der Waals surface area contributed by atoms with Gasteiger partial charge in [0.05, 0.1) is 0 Å². The number of carbonyl (C=O) groups excluding carboxylic acids is 1.